The smallest absolute Gasteiger partial charge is 0.341 e. The molecular weight excluding hydrogens is 490 g/mol. The van der Waals surface area contributed by atoms with Gasteiger partial charge in [-0.3, -0.25) is 9.59 Å². The highest BCUT2D eigenvalue weighted by Gasteiger charge is 2.25. The molecule has 1 aromatic carbocycles. The van der Waals surface area contributed by atoms with Gasteiger partial charge in [-0.05, 0) is 44.5 Å². The van der Waals surface area contributed by atoms with Gasteiger partial charge >= 0.3 is 5.97 Å². The van der Waals surface area contributed by atoms with Gasteiger partial charge < -0.3 is 19.2 Å². The molecule has 3 rings (SSSR count). The third-order valence-electron chi connectivity index (χ3n) is 4.32. The molecule has 0 spiro atoms. The molecule has 0 aliphatic rings. The number of aromatic nitrogens is 2. The number of Topliss-reactive ketones (excluding diaryl/α,β-unsaturated/α-hetero) is 1. The quantitative estimate of drug-likeness (QED) is 0.244. The fourth-order valence-electron chi connectivity index (χ4n) is 2.90. The van der Waals surface area contributed by atoms with Crippen molar-refractivity contribution in [2.45, 2.75) is 26.0 Å². The number of hydrogen-bond acceptors (Lipinski definition) is 10. The van der Waals surface area contributed by atoms with Crippen molar-refractivity contribution < 1.29 is 28.3 Å². The van der Waals surface area contributed by atoms with Crippen molar-refractivity contribution in [3.8, 4) is 17.2 Å². The van der Waals surface area contributed by atoms with Crippen molar-refractivity contribution in [3.63, 3.8) is 0 Å². The van der Waals surface area contributed by atoms with E-state index >= 15 is 0 Å². The molecule has 12 heteroatoms. The van der Waals surface area contributed by atoms with Crippen LogP contribution in [0.3, 0.4) is 0 Å². The molecule has 33 heavy (non-hydrogen) atoms. The Morgan fingerprint density at radius 1 is 1.27 bits per heavy atom. The second-order valence-electron chi connectivity index (χ2n) is 6.59. The number of carbonyl (C=O) groups excluding carboxylic acids is 3. The number of nitrogens with zero attached hydrogens (tertiary/aromatic N) is 2. The number of halogens is 1. The maximum Gasteiger partial charge on any atom is 0.341 e. The number of esters is 1. The van der Waals surface area contributed by atoms with Crippen LogP contribution in [0.5, 0.6) is 5.75 Å². The van der Waals surface area contributed by atoms with E-state index in [-0.39, 0.29) is 39.8 Å². The van der Waals surface area contributed by atoms with Crippen LogP contribution in [0.2, 0.25) is 5.02 Å². The van der Waals surface area contributed by atoms with Crippen molar-refractivity contribution in [3.05, 3.63) is 39.2 Å². The maximum absolute atomic E-state index is 12.5. The zero-order chi connectivity index (χ0) is 24.1. The molecule has 0 fully saturated rings. The van der Waals surface area contributed by atoms with Gasteiger partial charge in [0.15, 0.2) is 5.78 Å². The second-order valence-corrected chi connectivity index (χ2v) is 8.98. The van der Waals surface area contributed by atoms with Crippen LogP contribution >= 0.6 is 34.7 Å². The Morgan fingerprint density at radius 2 is 2.03 bits per heavy atom. The summed E-state index contributed by atoms with van der Waals surface area (Å²) >= 11 is 8.09. The Morgan fingerprint density at radius 3 is 2.70 bits per heavy atom. The van der Waals surface area contributed by atoms with Crippen LogP contribution in [0.25, 0.3) is 11.5 Å². The highest BCUT2D eigenvalue weighted by atomic mass is 35.5. The number of anilines is 1. The predicted octanol–water partition coefficient (Wildman–Crippen LogP) is 4.88. The average molecular weight is 510 g/mol. The number of benzene rings is 1. The third kappa shape index (κ3) is 5.73. The molecule has 0 saturated heterocycles. The van der Waals surface area contributed by atoms with Crippen molar-refractivity contribution in [2.24, 2.45) is 0 Å². The van der Waals surface area contributed by atoms with E-state index in [0.29, 0.717) is 26.8 Å². The van der Waals surface area contributed by atoms with Gasteiger partial charge in [0.2, 0.25) is 5.91 Å². The first kappa shape index (κ1) is 24.7. The van der Waals surface area contributed by atoms with E-state index in [0.717, 1.165) is 23.1 Å². The van der Waals surface area contributed by atoms with Gasteiger partial charge in [-0.25, -0.2) is 4.79 Å². The monoisotopic (exact) mass is 509 g/mol. The molecule has 0 unspecified atom stereocenters. The Kier molecular flexibility index (Phi) is 8.11. The average Bonchev–Trinajstić information content (AvgIpc) is 3.37. The zero-order valence-corrected chi connectivity index (χ0v) is 20.6. The normalized spacial score (nSPS) is 10.7. The Balaban J connectivity index is 1.72. The van der Waals surface area contributed by atoms with Crippen molar-refractivity contribution in [1.82, 2.24) is 10.2 Å². The molecule has 0 atom stereocenters. The van der Waals surface area contributed by atoms with Gasteiger partial charge in [-0.1, -0.05) is 23.4 Å². The highest BCUT2D eigenvalue weighted by Crippen LogP contribution is 2.35. The molecule has 174 valence electrons. The van der Waals surface area contributed by atoms with Gasteiger partial charge in [0.05, 0.1) is 35.5 Å². The number of thioether (sulfide) groups is 1. The predicted molar refractivity (Wildman–Crippen MR) is 126 cm³/mol. The summed E-state index contributed by atoms with van der Waals surface area (Å²) in [5.74, 6) is -0.573. The molecule has 0 aliphatic heterocycles. The lowest BCUT2D eigenvalue weighted by Crippen LogP contribution is -2.16. The molecule has 9 nitrogen and oxygen atoms in total. The number of rotatable bonds is 9. The summed E-state index contributed by atoms with van der Waals surface area (Å²) < 4.78 is 16.0. The second kappa shape index (κ2) is 10.8. The minimum absolute atomic E-state index is 0.0665. The standard InChI is InChI=1S/C21H20ClN3O6S2/c1-5-30-20(28)16-10(2)17(11(3)26)33-19(16)23-15(27)9-32-21-25-24-18(31-21)13-8-12(22)6-7-14(13)29-4/h6-8H,5,9H2,1-4H3,(H,23,27). The fraction of sp³-hybridized carbons (Fsp3) is 0.286. The number of ether oxygens (including phenoxy) is 2. The number of carbonyl (C=O) groups is 3. The van der Waals surface area contributed by atoms with Gasteiger partial charge in [-0.2, -0.15) is 0 Å². The minimum Gasteiger partial charge on any atom is -0.496 e. The summed E-state index contributed by atoms with van der Waals surface area (Å²) in [5.41, 5.74) is 1.18. The number of methoxy groups -OCH3 is 1. The lowest BCUT2D eigenvalue weighted by atomic mass is 10.1. The van der Waals surface area contributed by atoms with Crippen LogP contribution in [-0.2, 0) is 9.53 Å². The SMILES string of the molecule is CCOC(=O)c1c(NC(=O)CSc2nnc(-c3cc(Cl)ccc3OC)o2)sc(C(C)=O)c1C. The van der Waals surface area contributed by atoms with E-state index in [9.17, 15) is 14.4 Å². The van der Waals surface area contributed by atoms with Crippen LogP contribution in [-0.4, -0.2) is 47.3 Å². The number of ketones is 1. The number of thiophene rings is 1. The summed E-state index contributed by atoms with van der Waals surface area (Å²) in [4.78, 5) is 37.2. The Labute approximate surface area is 202 Å². The summed E-state index contributed by atoms with van der Waals surface area (Å²) in [7, 11) is 1.51. The van der Waals surface area contributed by atoms with Crippen molar-refractivity contribution in [1.29, 1.82) is 0 Å². The largest absolute Gasteiger partial charge is 0.496 e. The lowest BCUT2D eigenvalue weighted by Gasteiger charge is -2.06. The summed E-state index contributed by atoms with van der Waals surface area (Å²) in [6, 6.07) is 4.99. The summed E-state index contributed by atoms with van der Waals surface area (Å²) in [5, 5.41) is 11.5. The molecule has 0 aliphatic carbocycles. The topological polar surface area (TPSA) is 121 Å². The van der Waals surface area contributed by atoms with Gasteiger partial charge in [0.1, 0.15) is 10.8 Å². The first-order valence-corrected chi connectivity index (χ1v) is 11.8. The molecule has 2 aromatic heterocycles. The van der Waals surface area contributed by atoms with Gasteiger partial charge in [0.25, 0.3) is 11.1 Å². The van der Waals surface area contributed by atoms with E-state index in [2.05, 4.69) is 15.5 Å². The molecule has 2 heterocycles. The van der Waals surface area contributed by atoms with Gasteiger partial charge in [0, 0.05) is 5.02 Å². The Bertz CT molecular complexity index is 1210. The van der Waals surface area contributed by atoms with Crippen LogP contribution in [0.4, 0.5) is 5.00 Å². The number of nitrogens with one attached hydrogen (secondary N) is 1. The Hall–Kier alpha value is -2.89. The summed E-state index contributed by atoms with van der Waals surface area (Å²) in [6.45, 7) is 4.90. The van der Waals surface area contributed by atoms with E-state index in [1.54, 1.807) is 32.0 Å². The lowest BCUT2D eigenvalue weighted by molar-refractivity contribution is -0.113. The van der Waals surface area contributed by atoms with E-state index in [4.69, 9.17) is 25.5 Å². The van der Waals surface area contributed by atoms with E-state index in [1.165, 1.54) is 14.0 Å². The van der Waals surface area contributed by atoms with Crippen LogP contribution in [0, 0.1) is 6.92 Å². The number of hydrogen-bond donors (Lipinski definition) is 1. The fourth-order valence-corrected chi connectivity index (χ4v) is 4.74. The van der Waals surface area contributed by atoms with E-state index in [1.807, 2.05) is 0 Å². The number of amides is 1. The van der Waals surface area contributed by atoms with Crippen LogP contribution in [0.15, 0.2) is 27.8 Å². The summed E-state index contributed by atoms with van der Waals surface area (Å²) in [6.07, 6.45) is 0. The molecule has 0 bridgehead atoms. The van der Waals surface area contributed by atoms with Crippen LogP contribution < -0.4 is 10.1 Å². The highest BCUT2D eigenvalue weighted by molar-refractivity contribution is 7.99. The molecule has 1 N–H and O–H groups in total. The zero-order valence-electron chi connectivity index (χ0n) is 18.2. The first-order chi connectivity index (χ1) is 15.7. The van der Waals surface area contributed by atoms with Crippen molar-refractivity contribution >= 4 is 57.4 Å². The van der Waals surface area contributed by atoms with Gasteiger partial charge in [-0.15, -0.1) is 21.5 Å². The minimum atomic E-state index is -0.598. The third-order valence-corrected chi connectivity index (χ3v) is 6.69. The van der Waals surface area contributed by atoms with Crippen molar-refractivity contribution in [2.75, 3.05) is 24.8 Å². The molecular formula is C21H20ClN3O6S2. The first-order valence-electron chi connectivity index (χ1n) is 9.66. The van der Waals surface area contributed by atoms with E-state index < -0.39 is 11.9 Å². The maximum atomic E-state index is 12.5. The van der Waals surface area contributed by atoms with Crippen LogP contribution in [0.1, 0.15) is 39.4 Å². The molecule has 3 aromatic rings. The molecule has 0 saturated carbocycles. The molecule has 1 amide bonds. The molecule has 0 radical (unpaired) electrons.